The second kappa shape index (κ2) is 5.09. The highest BCUT2D eigenvalue weighted by molar-refractivity contribution is 6.39. The molecule has 2 aliphatic carbocycles. The molecule has 3 unspecified atom stereocenters. The quantitative estimate of drug-likeness (QED) is 0.508. The van der Waals surface area contributed by atoms with Gasteiger partial charge in [0.2, 0.25) is 0 Å². The van der Waals surface area contributed by atoms with Crippen molar-refractivity contribution in [3.63, 3.8) is 0 Å². The fourth-order valence-electron chi connectivity index (χ4n) is 3.41. The second-order valence-electron chi connectivity index (χ2n) is 5.73. The van der Waals surface area contributed by atoms with E-state index in [2.05, 4.69) is 6.92 Å². The number of Topliss-reactive ketones (excluding diaryl/α,β-unsaturated/α-hetero) is 1. The summed E-state index contributed by atoms with van der Waals surface area (Å²) in [6.07, 6.45) is 9.56. The third kappa shape index (κ3) is 2.26. The van der Waals surface area contributed by atoms with E-state index in [1.807, 2.05) is 0 Å². The monoisotopic (exact) mass is 276 g/mol. The first-order chi connectivity index (χ1) is 8.03. The average Bonchev–Trinajstić information content (AvgIpc) is 2.47. The van der Waals surface area contributed by atoms with Gasteiger partial charge in [-0.15, -0.1) is 23.2 Å². The first-order valence-corrected chi connectivity index (χ1v) is 7.69. The first kappa shape index (κ1) is 13.7. The maximum absolute atomic E-state index is 11.5. The minimum Gasteiger partial charge on any atom is -0.299 e. The Bertz CT molecular complexity index is 305. The number of halogens is 2. The number of rotatable bonds is 6. The number of unbranched alkanes of at least 4 members (excludes halogenated alkanes) is 4. The highest BCUT2D eigenvalue weighted by atomic mass is 35.5. The average molecular weight is 277 g/mol. The van der Waals surface area contributed by atoms with Gasteiger partial charge in [-0.3, -0.25) is 4.79 Å². The van der Waals surface area contributed by atoms with Crippen LogP contribution in [0.15, 0.2) is 0 Å². The summed E-state index contributed by atoms with van der Waals surface area (Å²) in [4.78, 5) is 10.8. The number of fused-ring (bicyclic) bond motifs is 1. The Hall–Kier alpha value is 0.250. The zero-order valence-electron chi connectivity index (χ0n) is 10.6. The number of carbonyl (C=O) groups excluding carboxylic acids is 1. The predicted octanol–water partition coefficient (Wildman–Crippen LogP) is 4.68. The Morgan fingerprint density at radius 1 is 1.24 bits per heavy atom. The van der Waals surface area contributed by atoms with Crippen molar-refractivity contribution in [2.75, 3.05) is 0 Å². The SMILES string of the molecule is CCCCCCCC1(Cl)CCC2C(=O)CC21Cl. The molecule has 2 fully saturated rings. The molecule has 0 aromatic heterocycles. The van der Waals surface area contributed by atoms with Gasteiger partial charge in [0, 0.05) is 12.3 Å². The summed E-state index contributed by atoms with van der Waals surface area (Å²) in [6.45, 7) is 2.22. The van der Waals surface area contributed by atoms with E-state index in [0.29, 0.717) is 12.2 Å². The highest BCUT2D eigenvalue weighted by Gasteiger charge is 2.67. The molecular formula is C14H22Cl2O. The Morgan fingerprint density at radius 3 is 2.53 bits per heavy atom. The van der Waals surface area contributed by atoms with Crippen LogP contribution in [0.1, 0.15) is 64.7 Å². The van der Waals surface area contributed by atoms with Gasteiger partial charge in [0.05, 0.1) is 9.75 Å². The molecule has 0 bridgehead atoms. The third-order valence-electron chi connectivity index (χ3n) is 4.62. The second-order valence-corrected chi connectivity index (χ2v) is 7.12. The van der Waals surface area contributed by atoms with Crippen LogP contribution in [0, 0.1) is 5.92 Å². The number of hydrogen-bond donors (Lipinski definition) is 0. The predicted molar refractivity (Wildman–Crippen MR) is 72.9 cm³/mol. The Morgan fingerprint density at radius 2 is 1.94 bits per heavy atom. The van der Waals surface area contributed by atoms with Gasteiger partial charge in [0.25, 0.3) is 0 Å². The molecule has 0 N–H and O–H groups in total. The van der Waals surface area contributed by atoms with Gasteiger partial charge < -0.3 is 0 Å². The number of hydrogen-bond acceptors (Lipinski definition) is 1. The lowest BCUT2D eigenvalue weighted by Crippen LogP contribution is -2.57. The van der Waals surface area contributed by atoms with Gasteiger partial charge in [-0.2, -0.15) is 0 Å². The summed E-state index contributed by atoms with van der Waals surface area (Å²) in [7, 11) is 0. The van der Waals surface area contributed by atoms with E-state index in [4.69, 9.17) is 23.2 Å². The van der Waals surface area contributed by atoms with E-state index in [-0.39, 0.29) is 10.8 Å². The molecule has 0 aliphatic heterocycles. The van der Waals surface area contributed by atoms with Crippen LogP contribution in [0.3, 0.4) is 0 Å². The van der Waals surface area contributed by atoms with Crippen molar-refractivity contribution >= 4 is 29.0 Å². The van der Waals surface area contributed by atoms with Crippen LogP contribution in [-0.2, 0) is 4.79 Å². The highest BCUT2D eigenvalue weighted by Crippen LogP contribution is 2.62. The molecule has 0 saturated heterocycles. The molecule has 1 nitrogen and oxygen atoms in total. The molecule has 3 heteroatoms. The van der Waals surface area contributed by atoms with Gasteiger partial charge in [-0.25, -0.2) is 0 Å². The number of alkyl halides is 2. The lowest BCUT2D eigenvalue weighted by Gasteiger charge is -2.46. The van der Waals surface area contributed by atoms with Crippen molar-refractivity contribution < 1.29 is 4.79 Å². The zero-order chi connectivity index (χ0) is 12.5. The molecule has 0 heterocycles. The molecule has 2 rings (SSSR count). The lowest BCUT2D eigenvalue weighted by molar-refractivity contribution is -0.131. The van der Waals surface area contributed by atoms with Crippen molar-refractivity contribution in [1.82, 2.24) is 0 Å². The van der Waals surface area contributed by atoms with Crippen LogP contribution in [0.25, 0.3) is 0 Å². The van der Waals surface area contributed by atoms with Gasteiger partial charge in [-0.05, 0) is 19.3 Å². The van der Waals surface area contributed by atoms with Crippen LogP contribution in [0.4, 0.5) is 0 Å². The molecule has 0 radical (unpaired) electrons. The molecule has 0 aromatic rings. The maximum atomic E-state index is 11.5. The van der Waals surface area contributed by atoms with Crippen LogP contribution in [0.2, 0.25) is 0 Å². The van der Waals surface area contributed by atoms with Crippen molar-refractivity contribution in [3.8, 4) is 0 Å². The minimum atomic E-state index is -0.406. The largest absolute Gasteiger partial charge is 0.299 e. The summed E-state index contributed by atoms with van der Waals surface area (Å²) in [5.41, 5.74) is 0. The van der Waals surface area contributed by atoms with Crippen LogP contribution in [0.5, 0.6) is 0 Å². The van der Waals surface area contributed by atoms with E-state index in [1.165, 1.54) is 25.7 Å². The van der Waals surface area contributed by atoms with Crippen LogP contribution < -0.4 is 0 Å². The van der Waals surface area contributed by atoms with E-state index in [1.54, 1.807) is 0 Å². The molecule has 3 atom stereocenters. The number of carbonyl (C=O) groups is 1. The van der Waals surface area contributed by atoms with Gasteiger partial charge in [0.15, 0.2) is 0 Å². The van der Waals surface area contributed by atoms with E-state index >= 15 is 0 Å². The Kier molecular flexibility index (Phi) is 4.09. The molecule has 98 valence electrons. The normalized spacial score (nSPS) is 40.2. The zero-order valence-corrected chi connectivity index (χ0v) is 12.1. The third-order valence-corrected chi connectivity index (χ3v) is 6.19. The molecule has 0 spiro atoms. The van der Waals surface area contributed by atoms with Crippen LogP contribution in [-0.4, -0.2) is 15.5 Å². The van der Waals surface area contributed by atoms with E-state index in [9.17, 15) is 4.79 Å². The lowest BCUT2D eigenvalue weighted by atomic mass is 9.69. The topological polar surface area (TPSA) is 17.1 Å². The maximum Gasteiger partial charge on any atom is 0.139 e. The standard InChI is InChI=1S/C14H22Cl2O/c1-2-3-4-5-6-8-13(15)9-7-11-12(17)10-14(11,13)16/h11H,2-10H2,1H3. The molecular weight excluding hydrogens is 255 g/mol. The fourth-order valence-corrected chi connectivity index (χ4v) is 4.40. The Labute approximate surface area is 114 Å². The van der Waals surface area contributed by atoms with Gasteiger partial charge >= 0.3 is 0 Å². The molecule has 0 amide bonds. The molecule has 17 heavy (non-hydrogen) atoms. The summed E-state index contributed by atoms with van der Waals surface area (Å²) in [5.74, 6) is 0.380. The van der Waals surface area contributed by atoms with Gasteiger partial charge in [0.1, 0.15) is 5.78 Å². The summed E-state index contributed by atoms with van der Waals surface area (Å²) >= 11 is 13.3. The number of ketones is 1. The molecule has 2 saturated carbocycles. The summed E-state index contributed by atoms with van der Waals surface area (Å²) in [6, 6.07) is 0. The van der Waals surface area contributed by atoms with Crippen LogP contribution >= 0.6 is 23.2 Å². The van der Waals surface area contributed by atoms with Crippen molar-refractivity contribution in [3.05, 3.63) is 0 Å². The fraction of sp³-hybridized carbons (Fsp3) is 0.929. The van der Waals surface area contributed by atoms with E-state index in [0.717, 1.165) is 25.7 Å². The summed E-state index contributed by atoms with van der Waals surface area (Å²) in [5, 5.41) is 0. The summed E-state index contributed by atoms with van der Waals surface area (Å²) < 4.78 is 0. The minimum absolute atomic E-state index is 0.0531. The van der Waals surface area contributed by atoms with Crippen molar-refractivity contribution in [2.24, 2.45) is 5.92 Å². The first-order valence-electron chi connectivity index (χ1n) is 6.94. The Balaban J connectivity index is 1.82. The molecule has 0 aromatic carbocycles. The van der Waals surface area contributed by atoms with Crippen molar-refractivity contribution in [2.45, 2.75) is 74.5 Å². The smallest absolute Gasteiger partial charge is 0.139 e. The van der Waals surface area contributed by atoms with Crippen molar-refractivity contribution in [1.29, 1.82) is 0 Å². The van der Waals surface area contributed by atoms with E-state index < -0.39 is 4.87 Å². The molecule has 2 aliphatic rings. The van der Waals surface area contributed by atoms with Gasteiger partial charge in [-0.1, -0.05) is 39.0 Å².